The lowest BCUT2D eigenvalue weighted by atomic mass is 9.87. The van der Waals surface area contributed by atoms with Crippen molar-refractivity contribution in [2.75, 3.05) is 5.32 Å². The smallest absolute Gasteiger partial charge is 0.226 e. The molecule has 126 valence electrons. The Morgan fingerprint density at radius 1 is 1.33 bits per heavy atom. The number of rotatable bonds is 5. The molecular formula is C20H25N3O. The molecule has 0 saturated carbocycles. The molecule has 1 aliphatic heterocycles. The van der Waals surface area contributed by atoms with Crippen LogP contribution in [0.3, 0.4) is 0 Å². The predicted molar refractivity (Wildman–Crippen MR) is 97.9 cm³/mol. The van der Waals surface area contributed by atoms with Gasteiger partial charge in [0.2, 0.25) is 5.91 Å². The number of hydrogen-bond donors (Lipinski definition) is 1. The number of anilines is 1. The summed E-state index contributed by atoms with van der Waals surface area (Å²) in [6.07, 6.45) is 6.59. The number of amides is 1. The van der Waals surface area contributed by atoms with Crippen LogP contribution >= 0.6 is 0 Å². The summed E-state index contributed by atoms with van der Waals surface area (Å²) in [6, 6.07) is 10.6. The molecule has 0 aliphatic carbocycles. The lowest BCUT2D eigenvalue weighted by Gasteiger charge is -2.26. The number of allylic oxidation sites excluding steroid dienone is 1. The number of fused-ring (bicyclic) bond motifs is 1. The van der Waals surface area contributed by atoms with Gasteiger partial charge in [0, 0.05) is 17.9 Å². The van der Waals surface area contributed by atoms with Crippen molar-refractivity contribution >= 4 is 17.8 Å². The Labute approximate surface area is 143 Å². The van der Waals surface area contributed by atoms with E-state index < -0.39 is 0 Å². The molecule has 4 heteroatoms. The van der Waals surface area contributed by atoms with Gasteiger partial charge in [0.05, 0.1) is 12.2 Å². The van der Waals surface area contributed by atoms with E-state index in [1.165, 1.54) is 5.57 Å². The molecule has 1 amide bonds. The number of benzene rings is 1. The maximum atomic E-state index is 12.3. The predicted octanol–water partition coefficient (Wildman–Crippen LogP) is 4.77. The van der Waals surface area contributed by atoms with Crippen LogP contribution in [0.25, 0.3) is 6.08 Å². The van der Waals surface area contributed by atoms with Crippen molar-refractivity contribution in [1.82, 2.24) is 9.78 Å². The molecule has 1 aliphatic rings. The Bertz CT molecular complexity index is 741. The summed E-state index contributed by atoms with van der Waals surface area (Å²) in [7, 11) is 0. The van der Waals surface area contributed by atoms with Crippen LogP contribution in [0, 0.1) is 0 Å². The normalized spacial score (nSPS) is 17.8. The first-order valence-electron chi connectivity index (χ1n) is 8.74. The van der Waals surface area contributed by atoms with Crippen molar-refractivity contribution in [2.45, 2.75) is 52.0 Å². The van der Waals surface area contributed by atoms with Gasteiger partial charge in [-0.25, -0.2) is 4.68 Å². The highest BCUT2D eigenvalue weighted by molar-refractivity contribution is 5.94. The van der Waals surface area contributed by atoms with E-state index in [2.05, 4.69) is 49.4 Å². The largest absolute Gasteiger partial charge is 0.311 e. The average molecular weight is 323 g/mol. The second-order valence-electron chi connectivity index (χ2n) is 6.47. The van der Waals surface area contributed by atoms with E-state index >= 15 is 0 Å². The van der Waals surface area contributed by atoms with Gasteiger partial charge in [-0.1, -0.05) is 55.8 Å². The van der Waals surface area contributed by atoms with Crippen molar-refractivity contribution in [3.63, 3.8) is 0 Å². The summed E-state index contributed by atoms with van der Waals surface area (Å²) >= 11 is 0. The first kappa shape index (κ1) is 16.5. The number of nitrogens with one attached hydrogen (secondary N) is 1. The number of carbonyl (C=O) groups is 1. The number of aromatic nitrogens is 2. The zero-order chi connectivity index (χ0) is 17.1. The minimum absolute atomic E-state index is 0.0704. The van der Waals surface area contributed by atoms with E-state index in [0.29, 0.717) is 12.5 Å². The molecule has 0 unspecified atom stereocenters. The van der Waals surface area contributed by atoms with Crippen molar-refractivity contribution in [3.05, 3.63) is 53.2 Å². The summed E-state index contributed by atoms with van der Waals surface area (Å²) in [6.45, 7) is 6.42. The van der Waals surface area contributed by atoms with E-state index in [-0.39, 0.29) is 11.8 Å². The van der Waals surface area contributed by atoms with Crippen LogP contribution in [-0.4, -0.2) is 15.7 Å². The second-order valence-corrected chi connectivity index (χ2v) is 6.47. The second kappa shape index (κ2) is 7.04. The third-order valence-electron chi connectivity index (χ3n) is 4.88. The lowest BCUT2D eigenvalue weighted by molar-refractivity contribution is -0.116. The zero-order valence-electron chi connectivity index (χ0n) is 14.6. The number of nitrogens with zero attached hydrogens (tertiary/aromatic N) is 2. The Hall–Kier alpha value is -2.36. The van der Waals surface area contributed by atoms with Gasteiger partial charge in [0.1, 0.15) is 5.82 Å². The minimum atomic E-state index is 0.0704. The molecule has 1 aromatic heterocycles. The van der Waals surface area contributed by atoms with E-state index in [4.69, 9.17) is 0 Å². The SMILES string of the molecule is CCC(CC)n1ncc2c1NC(=O)C[C@@H]2/C(C)=C/c1ccccc1. The monoisotopic (exact) mass is 323 g/mol. The van der Waals surface area contributed by atoms with Crippen molar-refractivity contribution in [3.8, 4) is 0 Å². The molecule has 0 bridgehead atoms. The molecule has 3 rings (SSSR count). The maximum Gasteiger partial charge on any atom is 0.226 e. The van der Waals surface area contributed by atoms with Crippen LogP contribution < -0.4 is 5.32 Å². The van der Waals surface area contributed by atoms with E-state index in [9.17, 15) is 4.79 Å². The number of hydrogen-bond acceptors (Lipinski definition) is 2. The molecule has 1 atom stereocenters. The van der Waals surface area contributed by atoms with Gasteiger partial charge in [-0.2, -0.15) is 5.10 Å². The summed E-state index contributed by atoms with van der Waals surface area (Å²) in [4.78, 5) is 12.3. The first-order chi connectivity index (χ1) is 11.6. The van der Waals surface area contributed by atoms with Crippen molar-refractivity contribution < 1.29 is 4.79 Å². The molecular weight excluding hydrogens is 298 g/mol. The van der Waals surface area contributed by atoms with Gasteiger partial charge in [0.15, 0.2) is 0 Å². The van der Waals surface area contributed by atoms with E-state index in [1.54, 1.807) is 0 Å². The summed E-state index contributed by atoms with van der Waals surface area (Å²) < 4.78 is 2.00. The van der Waals surface area contributed by atoms with Crippen LogP contribution in [0.5, 0.6) is 0 Å². The number of carbonyl (C=O) groups excluding carboxylic acids is 1. The van der Waals surface area contributed by atoms with Crippen LogP contribution in [0.2, 0.25) is 0 Å². The van der Waals surface area contributed by atoms with E-state index in [1.807, 2.05) is 29.1 Å². The van der Waals surface area contributed by atoms with Gasteiger partial charge >= 0.3 is 0 Å². The Morgan fingerprint density at radius 3 is 2.71 bits per heavy atom. The van der Waals surface area contributed by atoms with Gasteiger partial charge in [-0.15, -0.1) is 0 Å². The van der Waals surface area contributed by atoms with Gasteiger partial charge in [-0.05, 0) is 25.3 Å². The third kappa shape index (κ3) is 3.14. The zero-order valence-corrected chi connectivity index (χ0v) is 14.6. The quantitative estimate of drug-likeness (QED) is 0.861. The van der Waals surface area contributed by atoms with Gasteiger partial charge in [-0.3, -0.25) is 4.79 Å². The summed E-state index contributed by atoms with van der Waals surface area (Å²) in [5.74, 6) is 1.05. The highest BCUT2D eigenvalue weighted by atomic mass is 16.1. The molecule has 0 saturated heterocycles. The topological polar surface area (TPSA) is 46.9 Å². The summed E-state index contributed by atoms with van der Waals surface area (Å²) in [5, 5.41) is 7.63. The molecule has 2 heterocycles. The van der Waals surface area contributed by atoms with Gasteiger partial charge in [0.25, 0.3) is 0 Å². The molecule has 24 heavy (non-hydrogen) atoms. The van der Waals surface area contributed by atoms with Crippen molar-refractivity contribution in [1.29, 1.82) is 0 Å². The Balaban J connectivity index is 1.98. The average Bonchev–Trinajstić information content (AvgIpc) is 3.00. The molecule has 0 spiro atoms. The first-order valence-corrected chi connectivity index (χ1v) is 8.74. The third-order valence-corrected chi connectivity index (χ3v) is 4.88. The Morgan fingerprint density at radius 2 is 2.04 bits per heavy atom. The lowest BCUT2D eigenvalue weighted by Crippen LogP contribution is -2.25. The van der Waals surface area contributed by atoms with Crippen LogP contribution in [0.15, 0.2) is 42.1 Å². The minimum Gasteiger partial charge on any atom is -0.311 e. The molecule has 0 radical (unpaired) electrons. The molecule has 1 N–H and O–H groups in total. The van der Waals surface area contributed by atoms with Crippen LogP contribution in [0.4, 0.5) is 5.82 Å². The molecule has 2 aromatic rings. The van der Waals surface area contributed by atoms with Gasteiger partial charge < -0.3 is 5.32 Å². The highest BCUT2D eigenvalue weighted by Gasteiger charge is 2.30. The fourth-order valence-corrected chi connectivity index (χ4v) is 3.47. The van der Waals surface area contributed by atoms with Crippen LogP contribution in [0.1, 0.15) is 63.1 Å². The Kier molecular flexibility index (Phi) is 4.84. The molecule has 1 aromatic carbocycles. The fourth-order valence-electron chi connectivity index (χ4n) is 3.47. The molecule has 4 nitrogen and oxygen atoms in total. The van der Waals surface area contributed by atoms with E-state index in [0.717, 1.165) is 29.8 Å². The summed E-state index contributed by atoms with van der Waals surface area (Å²) in [5.41, 5.74) is 3.49. The van der Waals surface area contributed by atoms with Crippen molar-refractivity contribution in [2.24, 2.45) is 0 Å². The van der Waals surface area contributed by atoms with Crippen LogP contribution in [-0.2, 0) is 4.79 Å². The molecule has 0 fully saturated rings. The fraction of sp³-hybridized carbons (Fsp3) is 0.400. The highest BCUT2D eigenvalue weighted by Crippen LogP contribution is 2.39. The standard InChI is InChI=1S/C20H25N3O/c1-4-16(5-2)23-20-18(13-21-23)17(12-19(24)22-20)14(3)11-15-9-7-6-8-10-15/h6-11,13,16-17H,4-5,12H2,1-3H3,(H,22,24)/b14-11+/t17-/m1/s1. The maximum absolute atomic E-state index is 12.3.